The molecule has 2 rings (SSSR count). The van der Waals surface area contributed by atoms with E-state index in [2.05, 4.69) is 4.98 Å². The molecule has 1 aromatic carbocycles. The maximum Gasteiger partial charge on any atom is 0.135 e. The lowest BCUT2D eigenvalue weighted by Crippen LogP contribution is -2.00. The Kier molecular flexibility index (Phi) is 3.17. The van der Waals surface area contributed by atoms with Gasteiger partial charge in [-0.2, -0.15) is 0 Å². The number of benzene rings is 1. The third-order valence-corrected chi connectivity index (χ3v) is 2.39. The van der Waals surface area contributed by atoms with Crippen LogP contribution in [0.3, 0.4) is 0 Å². The van der Waals surface area contributed by atoms with Crippen LogP contribution in [-0.4, -0.2) is 4.98 Å². The molecule has 2 aromatic rings. The van der Waals surface area contributed by atoms with Gasteiger partial charge >= 0.3 is 0 Å². The molecule has 0 amide bonds. The number of aryl methyl sites for hydroxylation is 1. The number of pyridine rings is 1. The summed E-state index contributed by atoms with van der Waals surface area (Å²) in [6.45, 7) is 2.44. The second kappa shape index (κ2) is 4.77. The fourth-order valence-electron chi connectivity index (χ4n) is 1.46. The van der Waals surface area contributed by atoms with Crippen molar-refractivity contribution in [2.45, 2.75) is 13.5 Å². The average molecular weight is 214 g/mol. The highest BCUT2D eigenvalue weighted by molar-refractivity contribution is 5.39. The first-order chi connectivity index (χ1) is 7.81. The van der Waals surface area contributed by atoms with E-state index in [1.165, 1.54) is 0 Å². The predicted octanol–water partition coefficient (Wildman–Crippen LogP) is 2.64. The molecule has 0 saturated heterocycles. The lowest BCUT2D eigenvalue weighted by molar-refractivity contribution is 0.472. The molecule has 3 nitrogen and oxygen atoms in total. The van der Waals surface area contributed by atoms with Crippen LogP contribution in [0.15, 0.2) is 42.7 Å². The highest BCUT2D eigenvalue weighted by Gasteiger charge is 2.04. The van der Waals surface area contributed by atoms with Crippen LogP contribution in [0.1, 0.15) is 11.1 Å². The quantitative estimate of drug-likeness (QED) is 0.854. The van der Waals surface area contributed by atoms with Gasteiger partial charge in [-0.15, -0.1) is 0 Å². The maximum absolute atomic E-state index is 5.81. The highest BCUT2D eigenvalue weighted by atomic mass is 16.5. The molecule has 0 spiro atoms. The van der Waals surface area contributed by atoms with Crippen LogP contribution in [0.25, 0.3) is 0 Å². The van der Waals surface area contributed by atoms with Crippen molar-refractivity contribution in [3.8, 4) is 11.5 Å². The van der Waals surface area contributed by atoms with Gasteiger partial charge in [0, 0.05) is 24.5 Å². The summed E-state index contributed by atoms with van der Waals surface area (Å²) in [4.78, 5) is 4.02. The molecule has 0 bridgehead atoms. The first-order valence-corrected chi connectivity index (χ1v) is 5.17. The van der Waals surface area contributed by atoms with Gasteiger partial charge in [0.05, 0.1) is 0 Å². The predicted molar refractivity (Wildman–Crippen MR) is 63.4 cm³/mol. The van der Waals surface area contributed by atoms with Crippen LogP contribution in [0.2, 0.25) is 0 Å². The molecule has 16 heavy (non-hydrogen) atoms. The van der Waals surface area contributed by atoms with Crippen molar-refractivity contribution >= 4 is 0 Å². The van der Waals surface area contributed by atoms with Crippen molar-refractivity contribution < 1.29 is 4.74 Å². The number of rotatable bonds is 3. The van der Waals surface area contributed by atoms with Gasteiger partial charge in [-0.25, -0.2) is 0 Å². The Balaban J connectivity index is 2.30. The molecule has 0 unspecified atom stereocenters. The van der Waals surface area contributed by atoms with Gasteiger partial charge in [-0.3, -0.25) is 4.98 Å². The molecule has 82 valence electrons. The zero-order chi connectivity index (χ0) is 11.4. The summed E-state index contributed by atoms with van der Waals surface area (Å²) in [5.74, 6) is 1.62. The summed E-state index contributed by atoms with van der Waals surface area (Å²) in [6, 6.07) is 9.72. The van der Waals surface area contributed by atoms with Crippen molar-refractivity contribution in [2.24, 2.45) is 5.73 Å². The summed E-state index contributed by atoms with van der Waals surface area (Å²) in [5, 5.41) is 0. The van der Waals surface area contributed by atoms with Gasteiger partial charge in [-0.1, -0.05) is 18.2 Å². The Morgan fingerprint density at radius 1 is 1.19 bits per heavy atom. The zero-order valence-corrected chi connectivity index (χ0v) is 9.18. The Hall–Kier alpha value is -1.87. The van der Waals surface area contributed by atoms with Crippen molar-refractivity contribution in [2.75, 3.05) is 0 Å². The molecule has 0 aliphatic heterocycles. The number of nitrogens with zero attached hydrogens (tertiary/aromatic N) is 1. The fourth-order valence-corrected chi connectivity index (χ4v) is 1.46. The van der Waals surface area contributed by atoms with Crippen LogP contribution >= 0.6 is 0 Å². The van der Waals surface area contributed by atoms with E-state index in [4.69, 9.17) is 10.5 Å². The minimum Gasteiger partial charge on any atom is -0.457 e. The third kappa shape index (κ3) is 2.20. The molecular formula is C13H14N2O. The van der Waals surface area contributed by atoms with E-state index < -0.39 is 0 Å². The Morgan fingerprint density at radius 2 is 2.00 bits per heavy atom. The van der Waals surface area contributed by atoms with Crippen molar-refractivity contribution in [1.82, 2.24) is 4.98 Å². The topological polar surface area (TPSA) is 48.1 Å². The van der Waals surface area contributed by atoms with Gasteiger partial charge < -0.3 is 10.5 Å². The van der Waals surface area contributed by atoms with Crippen molar-refractivity contribution in [3.63, 3.8) is 0 Å². The summed E-state index contributed by atoms with van der Waals surface area (Å²) >= 11 is 0. The molecule has 2 N–H and O–H groups in total. The monoisotopic (exact) mass is 214 g/mol. The number of hydrogen-bond donors (Lipinski definition) is 1. The summed E-state index contributed by atoms with van der Waals surface area (Å²) < 4.78 is 5.81. The van der Waals surface area contributed by atoms with E-state index in [0.29, 0.717) is 6.54 Å². The van der Waals surface area contributed by atoms with Crippen LogP contribution in [-0.2, 0) is 6.54 Å². The van der Waals surface area contributed by atoms with Gasteiger partial charge in [-0.05, 0) is 24.6 Å². The van der Waals surface area contributed by atoms with Gasteiger partial charge in [0.1, 0.15) is 11.5 Å². The lowest BCUT2D eigenvalue weighted by Gasteiger charge is -2.10. The summed E-state index contributed by atoms with van der Waals surface area (Å²) in [5.41, 5.74) is 7.63. The first kappa shape index (κ1) is 10.6. The van der Waals surface area contributed by atoms with E-state index in [1.54, 1.807) is 12.4 Å². The van der Waals surface area contributed by atoms with Crippen molar-refractivity contribution in [3.05, 3.63) is 53.9 Å². The molecule has 0 aliphatic carbocycles. The smallest absolute Gasteiger partial charge is 0.135 e. The molecule has 0 fully saturated rings. The number of ether oxygens (including phenoxy) is 1. The molecule has 0 atom stereocenters. The average Bonchev–Trinajstić information content (AvgIpc) is 2.33. The second-order valence-electron chi connectivity index (χ2n) is 3.56. The SMILES string of the molecule is Cc1ccccc1Oc1ccncc1CN. The number of hydrogen-bond acceptors (Lipinski definition) is 3. The normalized spacial score (nSPS) is 10.1. The zero-order valence-electron chi connectivity index (χ0n) is 9.18. The minimum atomic E-state index is 0.426. The number of para-hydroxylation sites is 1. The fraction of sp³-hybridized carbons (Fsp3) is 0.154. The van der Waals surface area contributed by atoms with E-state index in [0.717, 1.165) is 22.6 Å². The van der Waals surface area contributed by atoms with Gasteiger partial charge in [0.25, 0.3) is 0 Å². The Labute approximate surface area is 94.9 Å². The van der Waals surface area contributed by atoms with E-state index in [1.807, 2.05) is 37.3 Å². The largest absolute Gasteiger partial charge is 0.457 e. The molecule has 1 aromatic heterocycles. The molecule has 0 radical (unpaired) electrons. The Bertz CT molecular complexity index is 483. The molecule has 1 heterocycles. The standard InChI is InChI=1S/C13H14N2O/c1-10-4-2-3-5-12(10)16-13-6-7-15-9-11(13)8-14/h2-7,9H,8,14H2,1H3. The van der Waals surface area contributed by atoms with Crippen LogP contribution in [0.5, 0.6) is 11.5 Å². The molecular weight excluding hydrogens is 200 g/mol. The second-order valence-corrected chi connectivity index (χ2v) is 3.56. The summed E-state index contributed by atoms with van der Waals surface area (Å²) in [7, 11) is 0. The highest BCUT2D eigenvalue weighted by Crippen LogP contribution is 2.26. The van der Waals surface area contributed by atoms with Gasteiger partial charge in [0.2, 0.25) is 0 Å². The minimum absolute atomic E-state index is 0.426. The molecule has 0 saturated carbocycles. The van der Waals surface area contributed by atoms with Crippen LogP contribution < -0.4 is 10.5 Å². The summed E-state index contributed by atoms with van der Waals surface area (Å²) in [6.07, 6.45) is 3.43. The van der Waals surface area contributed by atoms with Crippen LogP contribution in [0, 0.1) is 6.92 Å². The van der Waals surface area contributed by atoms with E-state index >= 15 is 0 Å². The molecule has 0 aliphatic rings. The van der Waals surface area contributed by atoms with Crippen LogP contribution in [0.4, 0.5) is 0 Å². The van der Waals surface area contributed by atoms with Crippen molar-refractivity contribution in [1.29, 1.82) is 0 Å². The Morgan fingerprint density at radius 3 is 2.75 bits per heavy atom. The lowest BCUT2D eigenvalue weighted by atomic mass is 10.2. The molecule has 3 heteroatoms. The maximum atomic E-state index is 5.81. The third-order valence-electron chi connectivity index (χ3n) is 2.39. The van der Waals surface area contributed by atoms with Gasteiger partial charge in [0.15, 0.2) is 0 Å². The van der Waals surface area contributed by atoms with E-state index in [-0.39, 0.29) is 0 Å². The first-order valence-electron chi connectivity index (χ1n) is 5.17. The van der Waals surface area contributed by atoms with E-state index in [9.17, 15) is 0 Å². The number of aromatic nitrogens is 1. The number of nitrogens with two attached hydrogens (primary N) is 1.